The number of esters is 2. The molecular weight excluding hydrogens is 280 g/mol. The second kappa shape index (κ2) is 31.3. The number of hydrogen-bond donors (Lipinski definition) is 0. The largest absolute Gasteiger partial charge is 0.463 e. The minimum Gasteiger partial charge on any atom is -0.463 e. The van der Waals surface area contributed by atoms with Crippen molar-refractivity contribution in [2.75, 3.05) is 13.2 Å². The number of hydrogen-bond acceptors (Lipinski definition) is 4. The third-order valence-corrected chi connectivity index (χ3v) is 1.82. The first-order valence-electron chi connectivity index (χ1n) is 7.20. The van der Waals surface area contributed by atoms with Crippen LogP contribution in [0.25, 0.3) is 0 Å². The predicted octanol–water partition coefficient (Wildman–Crippen LogP) is 4.64. The lowest BCUT2D eigenvalue weighted by atomic mass is 10.4. The smallest absolute Gasteiger partial charge is 0.330 e. The summed E-state index contributed by atoms with van der Waals surface area (Å²) in [5.41, 5.74) is 0. The highest BCUT2D eigenvalue weighted by Crippen LogP contribution is 1.88. The predicted molar refractivity (Wildman–Crippen MR) is 94.6 cm³/mol. The summed E-state index contributed by atoms with van der Waals surface area (Å²) in [5.74, 6) is -0.660. The van der Waals surface area contributed by atoms with Gasteiger partial charge in [0.1, 0.15) is 0 Å². The van der Waals surface area contributed by atoms with Crippen molar-refractivity contribution in [3.05, 3.63) is 51.6 Å². The monoisotopic (exact) mass is 312 g/mol. The number of unbranched alkanes of at least 4 members (excludes halogenated alkanes) is 2. The molecular formula is C18H32O4. The molecule has 0 spiro atoms. The first-order chi connectivity index (χ1) is 10.6. The van der Waals surface area contributed by atoms with E-state index in [-0.39, 0.29) is 11.9 Å². The zero-order chi connectivity index (χ0) is 18.2. The summed E-state index contributed by atoms with van der Waals surface area (Å²) in [6.07, 6.45) is 6.30. The van der Waals surface area contributed by atoms with Crippen LogP contribution >= 0.6 is 0 Å². The molecule has 0 saturated carbocycles. The molecule has 0 unspecified atom stereocenters. The first kappa shape index (κ1) is 28.1. The van der Waals surface area contributed by atoms with Crippen molar-refractivity contribution in [3.8, 4) is 0 Å². The van der Waals surface area contributed by atoms with E-state index < -0.39 is 0 Å². The van der Waals surface area contributed by atoms with E-state index in [4.69, 9.17) is 0 Å². The van der Waals surface area contributed by atoms with Crippen LogP contribution in [-0.2, 0) is 19.1 Å². The molecule has 0 bridgehead atoms. The van der Waals surface area contributed by atoms with Gasteiger partial charge in [0.15, 0.2) is 0 Å². The topological polar surface area (TPSA) is 52.6 Å². The Bertz CT molecular complexity index is 244. The molecule has 128 valence electrons. The van der Waals surface area contributed by atoms with Gasteiger partial charge in [-0.05, 0) is 12.8 Å². The highest BCUT2D eigenvalue weighted by molar-refractivity contribution is 5.81. The SMILES string of the molecule is C=C.C=C.C=CC(=O)OCCCC.C=CC(=O)OCCCC. The molecule has 0 aliphatic rings. The van der Waals surface area contributed by atoms with Crippen molar-refractivity contribution in [1.82, 2.24) is 0 Å². The molecule has 0 N–H and O–H groups in total. The zero-order valence-electron chi connectivity index (χ0n) is 14.3. The molecule has 0 aliphatic heterocycles. The van der Waals surface area contributed by atoms with Crippen LogP contribution in [0, 0.1) is 0 Å². The molecule has 0 heterocycles. The number of carbonyl (C=O) groups is 2. The molecule has 22 heavy (non-hydrogen) atoms. The highest BCUT2D eigenvalue weighted by atomic mass is 16.5. The lowest BCUT2D eigenvalue weighted by Crippen LogP contribution is -2.00. The van der Waals surface area contributed by atoms with Gasteiger partial charge in [-0.3, -0.25) is 0 Å². The fourth-order valence-electron chi connectivity index (χ4n) is 0.752. The van der Waals surface area contributed by atoms with Gasteiger partial charge in [-0.15, -0.1) is 26.3 Å². The second-order valence-electron chi connectivity index (χ2n) is 3.45. The number of ether oxygens (including phenoxy) is 2. The molecule has 0 aromatic heterocycles. The highest BCUT2D eigenvalue weighted by Gasteiger charge is 1.92. The average molecular weight is 312 g/mol. The van der Waals surface area contributed by atoms with Crippen LogP contribution in [-0.4, -0.2) is 25.2 Å². The van der Waals surface area contributed by atoms with Gasteiger partial charge in [-0.2, -0.15) is 0 Å². The molecule has 0 fully saturated rings. The average Bonchev–Trinajstić information content (AvgIpc) is 2.59. The molecule has 0 aromatic rings. The molecule has 4 heteroatoms. The molecule has 0 aromatic carbocycles. The van der Waals surface area contributed by atoms with E-state index in [2.05, 4.69) is 48.9 Å². The van der Waals surface area contributed by atoms with Crippen LogP contribution in [0.15, 0.2) is 51.6 Å². The Morgan fingerprint density at radius 3 is 1.23 bits per heavy atom. The molecule has 0 saturated heterocycles. The van der Waals surface area contributed by atoms with Gasteiger partial charge in [0.2, 0.25) is 0 Å². The van der Waals surface area contributed by atoms with Crippen LogP contribution in [0.5, 0.6) is 0 Å². The fraction of sp³-hybridized carbons (Fsp3) is 0.444. The maximum absolute atomic E-state index is 10.3. The third kappa shape index (κ3) is 36.1. The van der Waals surface area contributed by atoms with Crippen molar-refractivity contribution in [1.29, 1.82) is 0 Å². The lowest BCUT2D eigenvalue weighted by molar-refractivity contribution is -0.138. The van der Waals surface area contributed by atoms with E-state index in [1.807, 2.05) is 13.8 Å². The van der Waals surface area contributed by atoms with Gasteiger partial charge < -0.3 is 9.47 Å². The van der Waals surface area contributed by atoms with Crippen LogP contribution < -0.4 is 0 Å². The summed E-state index contributed by atoms with van der Waals surface area (Å²) in [6.45, 7) is 23.6. The molecule has 0 amide bonds. The summed E-state index contributed by atoms with van der Waals surface area (Å²) < 4.78 is 9.35. The molecule has 0 aliphatic carbocycles. The molecule has 0 rings (SSSR count). The summed E-state index contributed by atoms with van der Waals surface area (Å²) in [4.78, 5) is 20.7. The minimum absolute atomic E-state index is 0.330. The summed E-state index contributed by atoms with van der Waals surface area (Å²) in [6, 6.07) is 0. The van der Waals surface area contributed by atoms with E-state index in [9.17, 15) is 9.59 Å². The van der Waals surface area contributed by atoms with Gasteiger partial charge in [0, 0.05) is 12.2 Å². The summed E-state index contributed by atoms with van der Waals surface area (Å²) in [5, 5.41) is 0. The fourth-order valence-corrected chi connectivity index (χ4v) is 0.752. The molecule has 0 atom stereocenters. The van der Waals surface area contributed by atoms with Crippen LogP contribution in [0.3, 0.4) is 0 Å². The molecule has 4 nitrogen and oxygen atoms in total. The van der Waals surface area contributed by atoms with Gasteiger partial charge in [0.25, 0.3) is 0 Å². The normalized spacial score (nSPS) is 7.36. The van der Waals surface area contributed by atoms with Crippen LogP contribution in [0.1, 0.15) is 39.5 Å². The second-order valence-corrected chi connectivity index (χ2v) is 3.45. The number of carbonyl (C=O) groups excluding carboxylic acids is 2. The van der Waals surface area contributed by atoms with E-state index in [1.54, 1.807) is 0 Å². The van der Waals surface area contributed by atoms with Crippen molar-refractivity contribution in [2.45, 2.75) is 39.5 Å². The van der Waals surface area contributed by atoms with Crippen molar-refractivity contribution >= 4 is 11.9 Å². The van der Waals surface area contributed by atoms with Crippen LogP contribution in [0.2, 0.25) is 0 Å². The summed E-state index contributed by atoms with van der Waals surface area (Å²) >= 11 is 0. The Morgan fingerprint density at radius 1 is 0.773 bits per heavy atom. The Kier molecular flexibility index (Phi) is 40.1. The lowest BCUT2D eigenvalue weighted by Gasteiger charge is -1.97. The van der Waals surface area contributed by atoms with Gasteiger partial charge in [-0.1, -0.05) is 39.8 Å². The zero-order valence-corrected chi connectivity index (χ0v) is 14.3. The van der Waals surface area contributed by atoms with E-state index in [0.29, 0.717) is 13.2 Å². The first-order valence-corrected chi connectivity index (χ1v) is 7.20. The van der Waals surface area contributed by atoms with Crippen molar-refractivity contribution in [2.24, 2.45) is 0 Å². The molecule has 0 radical (unpaired) electrons. The maximum Gasteiger partial charge on any atom is 0.330 e. The maximum atomic E-state index is 10.3. The number of rotatable bonds is 8. The van der Waals surface area contributed by atoms with E-state index in [1.165, 1.54) is 12.2 Å². The van der Waals surface area contributed by atoms with Crippen LogP contribution in [0.4, 0.5) is 0 Å². The van der Waals surface area contributed by atoms with E-state index >= 15 is 0 Å². The Morgan fingerprint density at radius 2 is 1.05 bits per heavy atom. The third-order valence-electron chi connectivity index (χ3n) is 1.82. The summed E-state index contributed by atoms with van der Waals surface area (Å²) in [7, 11) is 0. The van der Waals surface area contributed by atoms with E-state index in [0.717, 1.165) is 25.7 Å². The standard InChI is InChI=1S/2C7H12O2.2C2H4/c2*1-3-5-6-9-7(8)4-2;2*1-2/h2*4H,2-3,5-6H2,1H3;2*1-2H2. The van der Waals surface area contributed by atoms with Gasteiger partial charge in [0.05, 0.1) is 13.2 Å². The minimum atomic E-state index is -0.330. The Hall–Kier alpha value is -2.10. The van der Waals surface area contributed by atoms with Gasteiger partial charge in [-0.25, -0.2) is 9.59 Å². The van der Waals surface area contributed by atoms with Crippen molar-refractivity contribution < 1.29 is 19.1 Å². The Balaban J connectivity index is -0.000000120. The Labute approximate surface area is 136 Å². The van der Waals surface area contributed by atoms with Crippen molar-refractivity contribution in [3.63, 3.8) is 0 Å². The van der Waals surface area contributed by atoms with Gasteiger partial charge >= 0.3 is 11.9 Å². The quantitative estimate of drug-likeness (QED) is 0.284.